The molecule has 8 nitrogen and oxygen atoms in total. The lowest BCUT2D eigenvalue weighted by Crippen LogP contribution is -2.52. The quantitative estimate of drug-likeness (QED) is 0.630. The molecule has 2 aliphatic rings. The zero-order chi connectivity index (χ0) is 23.0. The summed E-state index contributed by atoms with van der Waals surface area (Å²) < 4.78 is 45.9. The maximum absolute atomic E-state index is 12.6. The maximum Gasteiger partial charge on any atom is 0.251 e. The first-order valence-electron chi connectivity index (χ1n) is 10.2. The number of nitrogens with one attached hydrogen (secondary N) is 2. The smallest absolute Gasteiger partial charge is 0.251 e. The van der Waals surface area contributed by atoms with Crippen molar-refractivity contribution >= 4 is 27.5 Å². The zero-order valence-corrected chi connectivity index (χ0v) is 19.3. The van der Waals surface area contributed by atoms with Gasteiger partial charge in [-0.05, 0) is 50.2 Å². The fraction of sp³-hybridized carbons (Fsp3) is 0.409. The van der Waals surface area contributed by atoms with E-state index in [-0.39, 0.29) is 30.5 Å². The number of halogens is 1. The SMILES string of the molecule is CC1(C)O[C@@H]2[C@@H](CNS(=O)(=O)c3ccc(Cl)cc3)OC[C@]2(CNC(=O)c2ccccc2)O1. The molecule has 2 fully saturated rings. The first-order valence-corrected chi connectivity index (χ1v) is 12.0. The van der Waals surface area contributed by atoms with E-state index in [0.717, 1.165) is 0 Å². The Morgan fingerprint density at radius 2 is 1.81 bits per heavy atom. The van der Waals surface area contributed by atoms with Gasteiger partial charge in [-0.2, -0.15) is 0 Å². The van der Waals surface area contributed by atoms with Gasteiger partial charge in [0.05, 0.1) is 18.0 Å². The van der Waals surface area contributed by atoms with Gasteiger partial charge in [-0.15, -0.1) is 0 Å². The largest absolute Gasteiger partial charge is 0.371 e. The van der Waals surface area contributed by atoms with E-state index in [1.165, 1.54) is 24.3 Å². The number of rotatable bonds is 7. The molecule has 2 heterocycles. The summed E-state index contributed by atoms with van der Waals surface area (Å²) in [7, 11) is -3.76. The molecular weight excluding hydrogens is 456 g/mol. The second kappa shape index (κ2) is 8.74. The van der Waals surface area contributed by atoms with Gasteiger partial charge in [0.1, 0.15) is 17.8 Å². The van der Waals surface area contributed by atoms with E-state index in [4.69, 9.17) is 25.8 Å². The Hall–Kier alpha value is -2.01. The second-order valence-electron chi connectivity index (χ2n) is 8.31. The predicted molar refractivity (Wildman–Crippen MR) is 118 cm³/mol. The van der Waals surface area contributed by atoms with E-state index in [1.54, 1.807) is 38.1 Å². The van der Waals surface area contributed by atoms with Crippen molar-refractivity contribution < 1.29 is 27.4 Å². The fourth-order valence-corrected chi connectivity index (χ4v) is 5.18. The number of carbonyl (C=O) groups excluding carboxylic acids is 1. The summed E-state index contributed by atoms with van der Waals surface area (Å²) >= 11 is 5.84. The maximum atomic E-state index is 12.6. The van der Waals surface area contributed by atoms with Crippen molar-refractivity contribution in [1.82, 2.24) is 10.0 Å². The van der Waals surface area contributed by atoms with Gasteiger partial charge in [-0.1, -0.05) is 29.8 Å². The number of amides is 1. The normalized spacial score (nSPS) is 26.6. The van der Waals surface area contributed by atoms with Crippen LogP contribution < -0.4 is 10.0 Å². The lowest BCUT2D eigenvalue weighted by molar-refractivity contribution is -0.188. The Morgan fingerprint density at radius 3 is 2.50 bits per heavy atom. The van der Waals surface area contributed by atoms with Crippen LogP contribution >= 0.6 is 11.6 Å². The van der Waals surface area contributed by atoms with E-state index in [9.17, 15) is 13.2 Å². The highest BCUT2D eigenvalue weighted by molar-refractivity contribution is 7.89. The van der Waals surface area contributed by atoms with E-state index in [2.05, 4.69) is 10.0 Å². The van der Waals surface area contributed by atoms with Crippen molar-refractivity contribution in [2.75, 3.05) is 19.7 Å². The molecule has 4 rings (SSSR count). The van der Waals surface area contributed by atoms with Crippen molar-refractivity contribution in [1.29, 1.82) is 0 Å². The minimum Gasteiger partial charge on any atom is -0.371 e. The third kappa shape index (κ3) is 4.83. The van der Waals surface area contributed by atoms with Crippen LogP contribution in [0.2, 0.25) is 5.02 Å². The number of carbonyl (C=O) groups is 1. The van der Waals surface area contributed by atoms with Crippen LogP contribution in [0, 0.1) is 0 Å². The Morgan fingerprint density at radius 1 is 1.12 bits per heavy atom. The Labute approximate surface area is 192 Å². The monoisotopic (exact) mass is 480 g/mol. The van der Waals surface area contributed by atoms with Crippen molar-refractivity contribution in [3.63, 3.8) is 0 Å². The summed E-state index contributed by atoms with van der Waals surface area (Å²) in [6.45, 7) is 3.87. The molecule has 0 radical (unpaired) electrons. The summed E-state index contributed by atoms with van der Waals surface area (Å²) in [5.74, 6) is -1.14. The van der Waals surface area contributed by atoms with Crippen LogP contribution in [0.25, 0.3) is 0 Å². The van der Waals surface area contributed by atoms with Crippen molar-refractivity contribution in [3.05, 3.63) is 65.2 Å². The zero-order valence-electron chi connectivity index (χ0n) is 17.7. The number of ether oxygens (including phenoxy) is 3. The second-order valence-corrected chi connectivity index (χ2v) is 10.5. The first kappa shape index (κ1) is 23.2. The molecule has 2 aromatic carbocycles. The minimum atomic E-state index is -3.76. The molecule has 1 amide bonds. The van der Waals surface area contributed by atoms with Crippen LogP contribution in [0.1, 0.15) is 24.2 Å². The summed E-state index contributed by atoms with van der Waals surface area (Å²) in [5.41, 5.74) is -0.394. The van der Waals surface area contributed by atoms with Crippen molar-refractivity contribution in [2.24, 2.45) is 0 Å². The molecule has 0 aromatic heterocycles. The van der Waals surface area contributed by atoms with Crippen LogP contribution in [0.15, 0.2) is 59.5 Å². The van der Waals surface area contributed by atoms with Gasteiger partial charge in [-0.25, -0.2) is 13.1 Å². The number of sulfonamides is 1. The summed E-state index contributed by atoms with van der Waals surface area (Å²) in [5, 5.41) is 3.34. The molecule has 2 aliphatic heterocycles. The Bertz CT molecular complexity index is 1080. The molecule has 2 N–H and O–H groups in total. The molecule has 0 unspecified atom stereocenters. The summed E-state index contributed by atoms with van der Waals surface area (Å²) in [6.07, 6.45) is -1.16. The third-order valence-electron chi connectivity index (χ3n) is 5.44. The average Bonchev–Trinajstić information content (AvgIpc) is 3.21. The van der Waals surface area contributed by atoms with E-state index in [0.29, 0.717) is 10.6 Å². The molecule has 0 spiro atoms. The number of hydrogen-bond donors (Lipinski definition) is 2. The predicted octanol–water partition coefficient (Wildman–Crippen LogP) is 2.34. The lowest BCUT2D eigenvalue weighted by Gasteiger charge is -2.27. The van der Waals surface area contributed by atoms with Crippen LogP contribution in [0.5, 0.6) is 0 Å². The van der Waals surface area contributed by atoms with Crippen LogP contribution in [-0.4, -0.2) is 57.6 Å². The van der Waals surface area contributed by atoms with E-state index < -0.39 is 33.6 Å². The highest BCUT2D eigenvalue weighted by Crippen LogP contribution is 2.43. The van der Waals surface area contributed by atoms with E-state index in [1.807, 2.05) is 6.07 Å². The highest BCUT2D eigenvalue weighted by Gasteiger charge is 2.61. The molecule has 0 aliphatic carbocycles. The lowest BCUT2D eigenvalue weighted by atomic mass is 9.96. The molecule has 2 aromatic rings. The van der Waals surface area contributed by atoms with Crippen LogP contribution in [0.3, 0.4) is 0 Å². The van der Waals surface area contributed by atoms with E-state index >= 15 is 0 Å². The molecule has 32 heavy (non-hydrogen) atoms. The summed E-state index contributed by atoms with van der Waals surface area (Å²) in [4.78, 5) is 12.6. The number of hydrogen-bond acceptors (Lipinski definition) is 6. The molecular formula is C22H25ClN2O6S. The van der Waals surface area contributed by atoms with Gasteiger partial charge in [0.15, 0.2) is 5.79 Å². The highest BCUT2D eigenvalue weighted by atomic mass is 35.5. The van der Waals surface area contributed by atoms with Gasteiger partial charge >= 0.3 is 0 Å². The van der Waals surface area contributed by atoms with Crippen LogP contribution in [0.4, 0.5) is 0 Å². The van der Waals surface area contributed by atoms with Gasteiger partial charge < -0.3 is 19.5 Å². The fourth-order valence-electron chi connectivity index (χ4n) is 4.01. The standard InChI is InChI=1S/C22H25ClN2O6S/c1-21(2)30-19-18(12-25-32(27,28)17-10-8-16(23)9-11-17)29-14-22(19,31-21)13-24-20(26)15-6-4-3-5-7-15/h3-11,18-19,25H,12-14H2,1-2H3,(H,24,26)/t18-,19-,22+/m1/s1. The van der Waals surface area contributed by atoms with Crippen molar-refractivity contribution in [3.8, 4) is 0 Å². The summed E-state index contributed by atoms with van der Waals surface area (Å²) in [6, 6.07) is 14.7. The molecule has 0 bridgehead atoms. The average molecular weight is 481 g/mol. The van der Waals surface area contributed by atoms with Crippen molar-refractivity contribution in [2.45, 2.75) is 42.3 Å². The number of benzene rings is 2. The molecule has 172 valence electrons. The molecule has 10 heteroatoms. The molecule has 0 saturated carbocycles. The first-order chi connectivity index (χ1) is 15.1. The van der Waals surface area contributed by atoms with Gasteiger partial charge in [0.2, 0.25) is 10.0 Å². The van der Waals surface area contributed by atoms with Gasteiger partial charge in [0, 0.05) is 17.1 Å². The molecule has 3 atom stereocenters. The van der Waals surface area contributed by atoms with Gasteiger partial charge in [-0.3, -0.25) is 4.79 Å². The molecule has 2 saturated heterocycles. The topological polar surface area (TPSA) is 103 Å². The van der Waals surface area contributed by atoms with Crippen LogP contribution in [-0.2, 0) is 24.2 Å². The minimum absolute atomic E-state index is 0.0105. The third-order valence-corrected chi connectivity index (χ3v) is 7.13. The Balaban J connectivity index is 1.44. The number of fused-ring (bicyclic) bond motifs is 1. The van der Waals surface area contributed by atoms with Gasteiger partial charge in [0.25, 0.3) is 5.91 Å². The Kier molecular flexibility index (Phi) is 6.32.